The maximum atomic E-state index is 14.8. The van der Waals surface area contributed by atoms with E-state index in [-0.39, 0.29) is 53.1 Å². The minimum Gasteiger partial charge on any atom is -0.378 e. The highest BCUT2D eigenvalue weighted by atomic mass is 35.5. The van der Waals surface area contributed by atoms with Crippen molar-refractivity contribution < 1.29 is 19.1 Å². The summed E-state index contributed by atoms with van der Waals surface area (Å²) in [5, 5.41) is 0.674. The van der Waals surface area contributed by atoms with Gasteiger partial charge in [-0.2, -0.15) is 0 Å². The van der Waals surface area contributed by atoms with Crippen molar-refractivity contribution >= 4 is 29.3 Å². The molecule has 3 saturated heterocycles. The number of benzene rings is 1. The van der Waals surface area contributed by atoms with Gasteiger partial charge in [0.05, 0.1) is 25.2 Å². The molecule has 1 aromatic rings. The molecule has 44 heavy (non-hydrogen) atoms. The lowest BCUT2D eigenvalue weighted by molar-refractivity contribution is -0.148. The second-order valence-electron chi connectivity index (χ2n) is 15.0. The normalized spacial score (nSPS) is 30.2. The SMILES string of the molecule is CC1CCC(N(C(=O)C(C)C)[C@@H]2C[C@H](C(=O)N3CCOCC3)N(C(=O)[C@H]3CN(C(C)(C)C)C[C@H]3c3ccc(Cl)cc3)C2)CC1. The molecule has 244 valence electrons. The van der Waals surface area contributed by atoms with Crippen LogP contribution in [0.2, 0.25) is 5.02 Å². The summed E-state index contributed by atoms with van der Waals surface area (Å²) in [6.45, 7) is 16.7. The molecule has 4 fully saturated rings. The monoisotopic (exact) mass is 628 g/mol. The van der Waals surface area contributed by atoms with Gasteiger partial charge in [0.25, 0.3) is 0 Å². The molecule has 1 aromatic carbocycles. The Bertz CT molecular complexity index is 1170. The van der Waals surface area contributed by atoms with Crippen LogP contribution in [0, 0.1) is 17.8 Å². The van der Waals surface area contributed by atoms with E-state index in [9.17, 15) is 14.4 Å². The zero-order valence-corrected chi connectivity index (χ0v) is 28.4. The van der Waals surface area contributed by atoms with E-state index in [0.717, 1.165) is 37.8 Å². The first-order valence-corrected chi connectivity index (χ1v) is 17.2. The molecule has 3 amide bonds. The predicted molar refractivity (Wildman–Crippen MR) is 173 cm³/mol. The van der Waals surface area contributed by atoms with Crippen LogP contribution in [0.5, 0.6) is 0 Å². The third-order valence-corrected chi connectivity index (χ3v) is 10.8. The Morgan fingerprint density at radius 3 is 2.14 bits per heavy atom. The highest BCUT2D eigenvalue weighted by Gasteiger charge is 2.51. The average molecular weight is 629 g/mol. The van der Waals surface area contributed by atoms with Crippen molar-refractivity contribution in [2.45, 2.75) is 103 Å². The fraction of sp³-hybridized carbons (Fsp3) is 0.743. The Morgan fingerprint density at radius 1 is 0.909 bits per heavy atom. The summed E-state index contributed by atoms with van der Waals surface area (Å²) in [6, 6.07) is 7.28. The summed E-state index contributed by atoms with van der Waals surface area (Å²) in [5.41, 5.74) is 0.994. The van der Waals surface area contributed by atoms with Crippen LogP contribution in [0.25, 0.3) is 0 Å². The molecule has 0 bridgehead atoms. The summed E-state index contributed by atoms with van der Waals surface area (Å²) in [7, 11) is 0. The van der Waals surface area contributed by atoms with Gasteiger partial charge in [-0.3, -0.25) is 19.3 Å². The first-order valence-electron chi connectivity index (χ1n) is 16.8. The zero-order valence-electron chi connectivity index (χ0n) is 27.6. The summed E-state index contributed by atoms with van der Waals surface area (Å²) in [6.07, 6.45) is 4.66. The third kappa shape index (κ3) is 7.13. The number of hydrogen-bond acceptors (Lipinski definition) is 5. The van der Waals surface area contributed by atoms with E-state index in [0.29, 0.717) is 56.8 Å². The standard InChI is InChI=1S/C35H53ClN4O4/c1-23(2)32(41)40(27-13-7-24(3)8-14-27)28-19-31(34(43)37-15-17-44-18-16-37)39(20-28)33(42)30-22-38(35(4,5)6)21-29(30)25-9-11-26(36)12-10-25/h9-12,23-24,27-31H,7-8,13-22H2,1-6H3/t24?,27?,28-,29+,30+,31-/m1/s1. The van der Waals surface area contributed by atoms with Gasteiger partial charge in [-0.05, 0) is 76.5 Å². The second kappa shape index (κ2) is 13.7. The molecule has 0 spiro atoms. The minimum atomic E-state index is -0.579. The van der Waals surface area contributed by atoms with Gasteiger partial charge in [0.2, 0.25) is 17.7 Å². The van der Waals surface area contributed by atoms with Gasteiger partial charge in [-0.25, -0.2) is 0 Å². The van der Waals surface area contributed by atoms with Crippen molar-refractivity contribution in [2.75, 3.05) is 45.9 Å². The van der Waals surface area contributed by atoms with Crippen molar-refractivity contribution in [1.82, 2.24) is 19.6 Å². The molecule has 4 aliphatic rings. The maximum absolute atomic E-state index is 14.8. The van der Waals surface area contributed by atoms with Crippen LogP contribution in [-0.2, 0) is 19.1 Å². The average Bonchev–Trinajstić information content (AvgIpc) is 3.64. The Hall–Kier alpha value is -2.16. The second-order valence-corrected chi connectivity index (χ2v) is 15.4. The highest BCUT2D eigenvalue weighted by Crippen LogP contribution is 2.40. The summed E-state index contributed by atoms with van der Waals surface area (Å²) in [4.78, 5) is 51.1. The zero-order chi connectivity index (χ0) is 31.8. The molecule has 0 unspecified atom stereocenters. The first-order chi connectivity index (χ1) is 20.8. The topological polar surface area (TPSA) is 73.4 Å². The van der Waals surface area contributed by atoms with Crippen molar-refractivity contribution in [3.8, 4) is 0 Å². The van der Waals surface area contributed by atoms with Gasteiger partial charge in [-0.15, -0.1) is 0 Å². The summed E-state index contributed by atoms with van der Waals surface area (Å²) < 4.78 is 5.55. The van der Waals surface area contributed by atoms with E-state index >= 15 is 0 Å². The van der Waals surface area contributed by atoms with Crippen LogP contribution in [0.4, 0.5) is 0 Å². The number of nitrogens with zero attached hydrogens (tertiary/aromatic N) is 4. The lowest BCUT2D eigenvalue weighted by atomic mass is 9.85. The van der Waals surface area contributed by atoms with E-state index < -0.39 is 6.04 Å². The van der Waals surface area contributed by atoms with Gasteiger partial charge >= 0.3 is 0 Å². The van der Waals surface area contributed by atoms with E-state index in [2.05, 4.69) is 37.5 Å². The lowest BCUT2D eigenvalue weighted by Crippen LogP contribution is -2.53. The number of ether oxygens (including phenoxy) is 1. The Kier molecular flexibility index (Phi) is 10.3. The van der Waals surface area contributed by atoms with Gasteiger partial charge in [0, 0.05) is 61.2 Å². The molecule has 4 atom stereocenters. The summed E-state index contributed by atoms with van der Waals surface area (Å²) >= 11 is 6.25. The van der Waals surface area contributed by atoms with Crippen molar-refractivity contribution in [3.05, 3.63) is 34.9 Å². The Balaban J connectivity index is 1.48. The molecule has 3 aliphatic heterocycles. The third-order valence-electron chi connectivity index (χ3n) is 10.6. The van der Waals surface area contributed by atoms with Crippen LogP contribution in [0.3, 0.4) is 0 Å². The van der Waals surface area contributed by atoms with Crippen LogP contribution in [0.1, 0.15) is 85.1 Å². The van der Waals surface area contributed by atoms with Crippen LogP contribution in [0.15, 0.2) is 24.3 Å². The molecule has 1 saturated carbocycles. The Labute approximate surface area is 269 Å². The number of carbonyl (C=O) groups excluding carboxylic acids is 3. The molecular formula is C35H53ClN4O4. The highest BCUT2D eigenvalue weighted by molar-refractivity contribution is 6.30. The molecule has 0 radical (unpaired) electrons. The lowest BCUT2D eigenvalue weighted by Gasteiger charge is -2.41. The maximum Gasteiger partial charge on any atom is 0.245 e. The van der Waals surface area contributed by atoms with Gasteiger partial charge in [0.1, 0.15) is 6.04 Å². The van der Waals surface area contributed by atoms with Crippen LogP contribution in [-0.4, -0.2) is 107 Å². The number of hydrogen-bond donors (Lipinski definition) is 0. The largest absolute Gasteiger partial charge is 0.378 e. The summed E-state index contributed by atoms with van der Waals surface area (Å²) in [5.74, 6) is 0.381. The van der Waals surface area contributed by atoms with Crippen LogP contribution >= 0.6 is 11.6 Å². The molecule has 1 aliphatic carbocycles. The van der Waals surface area contributed by atoms with Crippen molar-refractivity contribution in [1.29, 1.82) is 0 Å². The van der Waals surface area contributed by atoms with Gasteiger partial charge in [-0.1, -0.05) is 44.5 Å². The minimum absolute atomic E-state index is 0.00733. The molecule has 0 aromatic heterocycles. The van der Waals surface area contributed by atoms with Crippen molar-refractivity contribution in [3.63, 3.8) is 0 Å². The molecule has 3 heterocycles. The molecule has 0 N–H and O–H groups in total. The molecular weight excluding hydrogens is 576 g/mol. The number of likely N-dealkylation sites (tertiary alicyclic amines) is 2. The number of carbonyl (C=O) groups is 3. The van der Waals surface area contributed by atoms with Gasteiger partial charge in [0.15, 0.2) is 0 Å². The number of amides is 3. The number of halogens is 1. The fourth-order valence-electron chi connectivity index (χ4n) is 7.83. The predicted octanol–water partition coefficient (Wildman–Crippen LogP) is 5.05. The van der Waals surface area contributed by atoms with E-state index in [1.807, 2.05) is 47.9 Å². The number of morpholine rings is 1. The van der Waals surface area contributed by atoms with E-state index in [4.69, 9.17) is 16.3 Å². The number of rotatable bonds is 6. The first kappa shape index (κ1) is 33.2. The van der Waals surface area contributed by atoms with Crippen molar-refractivity contribution in [2.24, 2.45) is 17.8 Å². The van der Waals surface area contributed by atoms with E-state index in [1.54, 1.807) is 0 Å². The Morgan fingerprint density at radius 2 is 1.55 bits per heavy atom. The smallest absolute Gasteiger partial charge is 0.245 e. The molecule has 9 heteroatoms. The van der Waals surface area contributed by atoms with Crippen LogP contribution < -0.4 is 0 Å². The van der Waals surface area contributed by atoms with Gasteiger partial charge < -0.3 is 19.4 Å². The van der Waals surface area contributed by atoms with E-state index in [1.165, 1.54) is 0 Å². The fourth-order valence-corrected chi connectivity index (χ4v) is 7.95. The molecule has 5 rings (SSSR count). The molecule has 8 nitrogen and oxygen atoms in total. The quantitative estimate of drug-likeness (QED) is 0.441.